The first-order valence-corrected chi connectivity index (χ1v) is 5.52. The van der Waals surface area contributed by atoms with Crippen LogP contribution >= 0.6 is 31.9 Å². The Hall–Kier alpha value is 0.960. The minimum absolute atomic E-state index is 0.238. The molecular formula is C8H16Br2. The molecule has 0 aromatic carbocycles. The van der Waals surface area contributed by atoms with Gasteiger partial charge in [-0.2, -0.15) is 0 Å². The predicted molar refractivity (Wildman–Crippen MR) is 55.2 cm³/mol. The van der Waals surface area contributed by atoms with Gasteiger partial charge in [-0.25, -0.2) is 0 Å². The summed E-state index contributed by atoms with van der Waals surface area (Å²) in [4.78, 5) is 0.597. The lowest BCUT2D eigenvalue weighted by atomic mass is 10.1. The van der Waals surface area contributed by atoms with Crippen LogP contribution in [0.15, 0.2) is 0 Å². The Morgan fingerprint density at radius 2 is 1.90 bits per heavy atom. The lowest BCUT2D eigenvalue weighted by molar-refractivity contribution is 0.605. The van der Waals surface area contributed by atoms with E-state index in [1.165, 1.54) is 19.3 Å². The van der Waals surface area contributed by atoms with Crippen LogP contribution < -0.4 is 0 Å². The molecule has 0 saturated carbocycles. The first kappa shape index (κ1) is 11.0. The van der Waals surface area contributed by atoms with E-state index in [2.05, 4.69) is 52.6 Å². The Labute approximate surface area is 81.0 Å². The van der Waals surface area contributed by atoms with Gasteiger partial charge in [-0.15, -0.1) is 0 Å². The molecule has 0 amide bonds. The number of unbranched alkanes of at least 4 members (excludes halogenated alkanes) is 1. The molecule has 0 aromatic rings. The van der Waals surface area contributed by atoms with Crippen LogP contribution in [0.4, 0.5) is 0 Å². The minimum atomic E-state index is 0.238. The van der Waals surface area contributed by atoms with Gasteiger partial charge in [0.1, 0.15) is 0 Å². The van der Waals surface area contributed by atoms with Crippen molar-refractivity contribution in [1.82, 2.24) is 0 Å². The van der Waals surface area contributed by atoms with Crippen LogP contribution in [0.1, 0.15) is 40.0 Å². The summed E-state index contributed by atoms with van der Waals surface area (Å²) in [6, 6.07) is 0. The normalized spacial score (nSPS) is 15.3. The summed E-state index contributed by atoms with van der Waals surface area (Å²) in [5.74, 6) is 0. The van der Waals surface area contributed by atoms with Gasteiger partial charge in [0.2, 0.25) is 0 Å². The predicted octanol–water partition coefficient (Wildman–Crippen LogP) is 4.11. The van der Waals surface area contributed by atoms with Gasteiger partial charge in [-0.05, 0) is 20.3 Å². The number of hydrogen-bond acceptors (Lipinski definition) is 0. The summed E-state index contributed by atoms with van der Waals surface area (Å²) in [5.41, 5.74) is 0. The fraction of sp³-hybridized carbons (Fsp3) is 1.00. The number of hydrogen-bond donors (Lipinski definition) is 0. The number of alkyl halides is 2. The molecule has 0 spiro atoms. The van der Waals surface area contributed by atoms with Gasteiger partial charge in [-0.1, -0.05) is 51.6 Å². The molecule has 0 aliphatic carbocycles. The molecule has 0 fully saturated rings. The van der Waals surface area contributed by atoms with E-state index in [9.17, 15) is 0 Å². The molecule has 0 bridgehead atoms. The molecule has 0 rings (SSSR count). The molecule has 0 heterocycles. The van der Waals surface area contributed by atoms with Gasteiger partial charge in [0.25, 0.3) is 0 Å². The molecule has 2 heteroatoms. The average molecular weight is 272 g/mol. The Morgan fingerprint density at radius 3 is 2.20 bits per heavy atom. The molecule has 0 aromatic heterocycles. The van der Waals surface area contributed by atoms with Crippen molar-refractivity contribution in [1.29, 1.82) is 0 Å². The van der Waals surface area contributed by atoms with Crippen molar-refractivity contribution < 1.29 is 0 Å². The molecular weight excluding hydrogens is 256 g/mol. The second-order valence-electron chi connectivity index (χ2n) is 3.17. The summed E-state index contributed by atoms with van der Waals surface area (Å²) >= 11 is 7.28. The zero-order valence-corrected chi connectivity index (χ0v) is 10.1. The van der Waals surface area contributed by atoms with E-state index in [1.807, 2.05) is 0 Å². The summed E-state index contributed by atoms with van der Waals surface area (Å²) in [7, 11) is 0. The maximum absolute atomic E-state index is 3.65. The molecule has 0 saturated heterocycles. The molecule has 0 nitrogen and oxygen atoms in total. The molecule has 62 valence electrons. The van der Waals surface area contributed by atoms with E-state index in [-0.39, 0.29) is 4.32 Å². The highest BCUT2D eigenvalue weighted by molar-refractivity contribution is 9.12. The topological polar surface area (TPSA) is 0 Å². The van der Waals surface area contributed by atoms with Gasteiger partial charge in [0.15, 0.2) is 0 Å². The molecule has 0 radical (unpaired) electrons. The fourth-order valence-electron chi connectivity index (χ4n) is 0.727. The highest BCUT2D eigenvalue weighted by atomic mass is 79.9. The summed E-state index contributed by atoms with van der Waals surface area (Å²) in [5, 5.41) is 0. The molecule has 0 N–H and O–H groups in total. The van der Waals surface area contributed by atoms with E-state index in [0.29, 0.717) is 4.83 Å². The third-order valence-corrected chi connectivity index (χ3v) is 4.33. The Balaban J connectivity index is 3.52. The highest BCUT2D eigenvalue weighted by Gasteiger charge is 2.22. The molecule has 1 atom stereocenters. The third-order valence-electron chi connectivity index (χ3n) is 1.56. The van der Waals surface area contributed by atoms with Crippen molar-refractivity contribution in [3.8, 4) is 0 Å². The Bertz CT molecular complexity index is 83.7. The fourth-order valence-corrected chi connectivity index (χ4v) is 1.28. The second-order valence-corrected chi connectivity index (χ2v) is 6.32. The van der Waals surface area contributed by atoms with Crippen LogP contribution in [0.5, 0.6) is 0 Å². The maximum atomic E-state index is 3.65. The van der Waals surface area contributed by atoms with Crippen molar-refractivity contribution >= 4 is 31.9 Å². The third kappa shape index (κ3) is 4.73. The molecule has 1 unspecified atom stereocenters. The van der Waals surface area contributed by atoms with E-state index >= 15 is 0 Å². The van der Waals surface area contributed by atoms with Crippen molar-refractivity contribution in [3.63, 3.8) is 0 Å². The van der Waals surface area contributed by atoms with Crippen LogP contribution in [0.25, 0.3) is 0 Å². The monoisotopic (exact) mass is 270 g/mol. The van der Waals surface area contributed by atoms with Crippen molar-refractivity contribution in [3.05, 3.63) is 0 Å². The van der Waals surface area contributed by atoms with Crippen LogP contribution in [-0.4, -0.2) is 9.15 Å². The Morgan fingerprint density at radius 1 is 1.40 bits per heavy atom. The average Bonchev–Trinajstić information content (AvgIpc) is 1.80. The van der Waals surface area contributed by atoms with Gasteiger partial charge >= 0.3 is 0 Å². The van der Waals surface area contributed by atoms with Crippen LogP contribution in [-0.2, 0) is 0 Å². The maximum Gasteiger partial charge on any atom is 0.0326 e. The molecule has 10 heavy (non-hydrogen) atoms. The van der Waals surface area contributed by atoms with E-state index in [0.717, 1.165) is 0 Å². The standard InChI is InChI=1S/C8H16Br2/c1-4-5-6-7(9)8(2,3)10/h7H,4-6H2,1-3H3. The molecule has 0 aliphatic rings. The van der Waals surface area contributed by atoms with Gasteiger partial charge < -0.3 is 0 Å². The van der Waals surface area contributed by atoms with Crippen LogP contribution in [0.3, 0.4) is 0 Å². The lowest BCUT2D eigenvalue weighted by Crippen LogP contribution is -2.23. The van der Waals surface area contributed by atoms with Gasteiger partial charge in [0.05, 0.1) is 0 Å². The van der Waals surface area contributed by atoms with Gasteiger partial charge in [-0.3, -0.25) is 0 Å². The largest absolute Gasteiger partial charge is 0.0876 e. The SMILES string of the molecule is CCCCC(Br)C(C)(C)Br. The van der Waals surface area contributed by atoms with E-state index < -0.39 is 0 Å². The van der Waals surface area contributed by atoms with E-state index in [4.69, 9.17) is 0 Å². The zero-order chi connectivity index (χ0) is 8.20. The zero-order valence-electron chi connectivity index (χ0n) is 6.95. The van der Waals surface area contributed by atoms with Gasteiger partial charge in [0, 0.05) is 9.15 Å². The molecule has 0 aliphatic heterocycles. The van der Waals surface area contributed by atoms with E-state index in [1.54, 1.807) is 0 Å². The number of rotatable bonds is 4. The van der Waals surface area contributed by atoms with Crippen molar-refractivity contribution in [2.45, 2.75) is 49.2 Å². The first-order valence-electron chi connectivity index (χ1n) is 3.81. The Kier molecular flexibility index (Phi) is 5.22. The smallest absolute Gasteiger partial charge is 0.0326 e. The van der Waals surface area contributed by atoms with Crippen LogP contribution in [0, 0.1) is 0 Å². The van der Waals surface area contributed by atoms with Crippen molar-refractivity contribution in [2.24, 2.45) is 0 Å². The summed E-state index contributed by atoms with van der Waals surface area (Å²) < 4.78 is 0.238. The quantitative estimate of drug-likeness (QED) is 0.675. The second kappa shape index (κ2) is 4.76. The minimum Gasteiger partial charge on any atom is -0.0876 e. The summed E-state index contributed by atoms with van der Waals surface area (Å²) in [6.07, 6.45) is 3.85. The number of halogens is 2. The lowest BCUT2D eigenvalue weighted by Gasteiger charge is -2.22. The van der Waals surface area contributed by atoms with Crippen molar-refractivity contribution in [2.75, 3.05) is 0 Å². The first-order chi connectivity index (χ1) is 4.48. The summed E-state index contributed by atoms with van der Waals surface area (Å²) in [6.45, 7) is 6.62. The highest BCUT2D eigenvalue weighted by Crippen LogP contribution is 2.30. The van der Waals surface area contributed by atoms with Crippen LogP contribution in [0.2, 0.25) is 0 Å².